The molecule has 0 radical (unpaired) electrons. The molecule has 0 amide bonds. The molecule has 3 rings (SSSR count). The number of likely N-dealkylation sites (tertiary alicyclic amines) is 1. The number of nitrogens with zero attached hydrogens (tertiary/aromatic N) is 2. The van der Waals surface area contributed by atoms with Crippen LogP contribution in [0.5, 0.6) is 0 Å². The average molecular weight is 276 g/mol. The molecule has 1 aliphatic heterocycles. The number of hydrogen-bond donors (Lipinski definition) is 0. The Bertz CT molecular complexity index is 535. The van der Waals surface area contributed by atoms with Crippen LogP contribution in [0.15, 0.2) is 28.1 Å². The fourth-order valence-corrected chi connectivity index (χ4v) is 3.17. The van der Waals surface area contributed by atoms with E-state index in [-0.39, 0.29) is 5.92 Å². The van der Waals surface area contributed by atoms with Crippen LogP contribution in [0.25, 0.3) is 10.6 Å². The van der Waals surface area contributed by atoms with Crippen LogP contribution in [-0.4, -0.2) is 29.4 Å². The second-order valence-electron chi connectivity index (χ2n) is 4.93. The largest absolute Gasteiger partial charge is 0.355 e. The molecule has 100 valence electrons. The summed E-state index contributed by atoms with van der Waals surface area (Å²) in [6, 6.07) is 6.02. The number of hydrogen-bond acceptors (Lipinski definition) is 5. The highest BCUT2D eigenvalue weighted by molar-refractivity contribution is 7.13. The lowest BCUT2D eigenvalue weighted by Gasteiger charge is -2.29. The summed E-state index contributed by atoms with van der Waals surface area (Å²) >= 11 is 1.65. The van der Waals surface area contributed by atoms with Crippen molar-refractivity contribution in [3.8, 4) is 10.6 Å². The molecule has 1 aliphatic rings. The second-order valence-corrected chi connectivity index (χ2v) is 5.88. The molecule has 1 unspecified atom stereocenters. The first kappa shape index (κ1) is 12.6. The first-order valence-corrected chi connectivity index (χ1v) is 7.40. The van der Waals surface area contributed by atoms with Crippen molar-refractivity contribution >= 4 is 17.6 Å². The quantitative estimate of drug-likeness (QED) is 0.806. The van der Waals surface area contributed by atoms with E-state index >= 15 is 0 Å². The first-order valence-electron chi connectivity index (χ1n) is 6.52. The normalized spacial score (nSPS) is 20.5. The van der Waals surface area contributed by atoms with E-state index in [0.29, 0.717) is 0 Å². The predicted molar refractivity (Wildman–Crippen MR) is 73.9 cm³/mol. The monoisotopic (exact) mass is 276 g/mol. The van der Waals surface area contributed by atoms with Gasteiger partial charge >= 0.3 is 0 Å². The highest BCUT2D eigenvalue weighted by atomic mass is 32.1. The molecule has 0 N–H and O–H groups in total. The molecule has 0 aliphatic carbocycles. The molecule has 5 heteroatoms. The minimum atomic E-state index is 0.178. The summed E-state index contributed by atoms with van der Waals surface area (Å²) in [5.74, 6) is 1.01. The minimum absolute atomic E-state index is 0.178. The molecule has 0 saturated carbocycles. The Morgan fingerprint density at radius 3 is 3.32 bits per heavy atom. The zero-order chi connectivity index (χ0) is 13.1. The molecule has 1 atom stereocenters. The molecular weight excluding hydrogens is 260 g/mol. The molecule has 0 bridgehead atoms. The van der Waals surface area contributed by atoms with Gasteiger partial charge in [0, 0.05) is 25.1 Å². The van der Waals surface area contributed by atoms with Gasteiger partial charge in [-0.1, -0.05) is 11.2 Å². The van der Waals surface area contributed by atoms with Gasteiger partial charge in [-0.3, -0.25) is 4.90 Å². The minimum Gasteiger partial charge on any atom is -0.355 e. The summed E-state index contributed by atoms with van der Waals surface area (Å²) in [6.45, 7) is 2.63. The van der Waals surface area contributed by atoms with Gasteiger partial charge in [-0.2, -0.15) is 0 Å². The maximum Gasteiger partial charge on any atom is 0.177 e. The van der Waals surface area contributed by atoms with Gasteiger partial charge in [0.05, 0.1) is 10.6 Å². The maximum atomic E-state index is 10.9. The summed E-state index contributed by atoms with van der Waals surface area (Å²) in [7, 11) is 0. The first-order chi connectivity index (χ1) is 9.35. The molecule has 1 fully saturated rings. The topological polar surface area (TPSA) is 46.3 Å². The highest BCUT2D eigenvalue weighted by Crippen LogP contribution is 2.26. The lowest BCUT2D eigenvalue weighted by molar-refractivity contribution is -0.112. The van der Waals surface area contributed by atoms with Crippen LogP contribution in [0.2, 0.25) is 0 Å². The zero-order valence-electron chi connectivity index (χ0n) is 10.6. The molecule has 0 spiro atoms. The van der Waals surface area contributed by atoms with Crippen LogP contribution in [0.3, 0.4) is 0 Å². The van der Waals surface area contributed by atoms with Crippen LogP contribution < -0.4 is 0 Å². The van der Waals surface area contributed by atoms with E-state index in [9.17, 15) is 4.79 Å². The third-order valence-corrected chi connectivity index (χ3v) is 4.33. The van der Waals surface area contributed by atoms with E-state index < -0.39 is 0 Å². The van der Waals surface area contributed by atoms with Gasteiger partial charge in [0.2, 0.25) is 0 Å². The predicted octanol–water partition coefficient (Wildman–Crippen LogP) is 2.81. The SMILES string of the molecule is O=CC1CCCN(Cc2cc(-c3cccs3)on2)C1. The number of rotatable bonds is 4. The summed E-state index contributed by atoms with van der Waals surface area (Å²) in [6.07, 6.45) is 3.17. The third kappa shape index (κ3) is 2.93. The highest BCUT2D eigenvalue weighted by Gasteiger charge is 2.20. The lowest BCUT2D eigenvalue weighted by atomic mass is 10.00. The molecule has 1 saturated heterocycles. The smallest absolute Gasteiger partial charge is 0.177 e. The Morgan fingerprint density at radius 1 is 1.58 bits per heavy atom. The van der Waals surface area contributed by atoms with Gasteiger partial charge in [-0.25, -0.2) is 0 Å². The van der Waals surface area contributed by atoms with Crippen LogP contribution in [0.1, 0.15) is 18.5 Å². The second kappa shape index (κ2) is 5.67. The van der Waals surface area contributed by atoms with Crippen molar-refractivity contribution in [3.05, 3.63) is 29.3 Å². The van der Waals surface area contributed by atoms with Crippen molar-refractivity contribution in [2.45, 2.75) is 19.4 Å². The van der Waals surface area contributed by atoms with E-state index in [1.54, 1.807) is 11.3 Å². The summed E-state index contributed by atoms with van der Waals surface area (Å²) in [5, 5.41) is 6.14. The standard InChI is InChI=1S/C14H16N2O2S/c17-10-11-3-1-5-16(8-11)9-12-7-13(18-15-12)14-4-2-6-19-14/h2,4,6-7,10-11H,1,3,5,8-9H2. The Balaban J connectivity index is 1.65. The molecule has 19 heavy (non-hydrogen) atoms. The zero-order valence-corrected chi connectivity index (χ0v) is 11.4. The Kier molecular flexibility index (Phi) is 3.75. The van der Waals surface area contributed by atoms with Crippen molar-refractivity contribution in [1.82, 2.24) is 10.1 Å². The number of aromatic nitrogens is 1. The number of aldehydes is 1. The van der Waals surface area contributed by atoms with E-state index in [1.807, 2.05) is 23.6 Å². The molecule has 2 aromatic rings. The molecule has 4 nitrogen and oxygen atoms in total. The maximum absolute atomic E-state index is 10.9. The molecule has 3 heterocycles. The van der Waals surface area contributed by atoms with Gasteiger partial charge in [0.15, 0.2) is 5.76 Å². The van der Waals surface area contributed by atoms with E-state index in [4.69, 9.17) is 4.52 Å². The van der Waals surface area contributed by atoms with Crippen molar-refractivity contribution in [2.24, 2.45) is 5.92 Å². The lowest BCUT2D eigenvalue weighted by Crippen LogP contribution is -2.35. The van der Waals surface area contributed by atoms with Crippen LogP contribution in [0.4, 0.5) is 0 Å². The van der Waals surface area contributed by atoms with Gasteiger partial charge < -0.3 is 9.32 Å². The fourth-order valence-electron chi connectivity index (χ4n) is 2.50. The van der Waals surface area contributed by atoms with Gasteiger partial charge in [0.25, 0.3) is 0 Å². The molecule has 2 aromatic heterocycles. The van der Waals surface area contributed by atoms with Crippen LogP contribution in [-0.2, 0) is 11.3 Å². The molecular formula is C14H16N2O2S. The summed E-state index contributed by atoms with van der Waals surface area (Å²) in [4.78, 5) is 14.2. The van der Waals surface area contributed by atoms with E-state index in [1.165, 1.54) is 0 Å². The van der Waals surface area contributed by atoms with Gasteiger partial charge in [-0.05, 0) is 30.8 Å². The van der Waals surface area contributed by atoms with Crippen LogP contribution in [0, 0.1) is 5.92 Å². The molecule has 0 aromatic carbocycles. The Hall–Kier alpha value is -1.46. The van der Waals surface area contributed by atoms with Gasteiger partial charge in [-0.15, -0.1) is 11.3 Å². The third-order valence-electron chi connectivity index (χ3n) is 3.44. The fraction of sp³-hybridized carbons (Fsp3) is 0.429. The van der Waals surface area contributed by atoms with E-state index in [0.717, 1.165) is 55.1 Å². The average Bonchev–Trinajstić information content (AvgIpc) is 3.09. The Morgan fingerprint density at radius 2 is 2.53 bits per heavy atom. The van der Waals surface area contributed by atoms with E-state index in [2.05, 4.69) is 10.1 Å². The van der Waals surface area contributed by atoms with Gasteiger partial charge in [0.1, 0.15) is 6.29 Å². The number of carbonyl (C=O) groups excluding carboxylic acids is 1. The van der Waals surface area contributed by atoms with Crippen molar-refractivity contribution in [2.75, 3.05) is 13.1 Å². The summed E-state index contributed by atoms with van der Waals surface area (Å²) in [5.41, 5.74) is 0.940. The number of carbonyl (C=O) groups is 1. The van der Waals surface area contributed by atoms with Crippen LogP contribution >= 0.6 is 11.3 Å². The Labute approximate surface area is 116 Å². The van der Waals surface area contributed by atoms with Crippen molar-refractivity contribution < 1.29 is 9.32 Å². The van der Waals surface area contributed by atoms with Crippen molar-refractivity contribution in [1.29, 1.82) is 0 Å². The number of piperidine rings is 1. The summed E-state index contributed by atoms with van der Waals surface area (Å²) < 4.78 is 5.37. The number of thiophene rings is 1. The van der Waals surface area contributed by atoms with Crippen molar-refractivity contribution in [3.63, 3.8) is 0 Å².